The van der Waals surface area contributed by atoms with Crippen LogP contribution in [-0.2, 0) is 0 Å². The van der Waals surface area contributed by atoms with Gasteiger partial charge in [0.1, 0.15) is 11.6 Å². The van der Waals surface area contributed by atoms with Crippen molar-refractivity contribution in [1.29, 1.82) is 0 Å². The van der Waals surface area contributed by atoms with Crippen molar-refractivity contribution in [1.82, 2.24) is 5.32 Å². The molecule has 3 rings (SSSR count). The van der Waals surface area contributed by atoms with Crippen molar-refractivity contribution in [3.05, 3.63) is 63.6 Å². The number of anilines is 1. The summed E-state index contributed by atoms with van der Waals surface area (Å²) in [6, 6.07) is 7.63. The third kappa shape index (κ3) is 7.09. The predicted octanol–water partition coefficient (Wildman–Crippen LogP) is 6.78. The molecule has 2 aromatic rings. The van der Waals surface area contributed by atoms with Crippen molar-refractivity contribution in [2.24, 2.45) is 10.9 Å². The first-order valence-electron chi connectivity index (χ1n) is 10.4. The van der Waals surface area contributed by atoms with Crippen LogP contribution >= 0.6 is 35.0 Å². The molecule has 0 aliphatic carbocycles. The predicted molar refractivity (Wildman–Crippen MR) is 130 cm³/mol. The number of thioether (sulfide) groups is 1. The van der Waals surface area contributed by atoms with Crippen molar-refractivity contribution in [3.63, 3.8) is 0 Å². The van der Waals surface area contributed by atoms with Gasteiger partial charge in [-0.05, 0) is 74.3 Å². The molecule has 1 saturated heterocycles. The molecule has 1 fully saturated rings. The van der Waals surface area contributed by atoms with E-state index in [1.807, 2.05) is 18.7 Å². The molecule has 4 nitrogen and oxygen atoms in total. The number of carbonyl (C=O) groups is 1. The van der Waals surface area contributed by atoms with E-state index < -0.39 is 17.5 Å². The summed E-state index contributed by atoms with van der Waals surface area (Å²) in [5, 5.41) is 6.33. The highest BCUT2D eigenvalue weighted by molar-refractivity contribution is 8.00. The Morgan fingerprint density at radius 1 is 1.22 bits per heavy atom. The molecule has 172 valence electrons. The number of halogens is 4. The van der Waals surface area contributed by atoms with E-state index in [-0.39, 0.29) is 27.6 Å². The van der Waals surface area contributed by atoms with Crippen LogP contribution in [0.25, 0.3) is 0 Å². The third-order valence-corrected chi connectivity index (χ3v) is 7.38. The Labute approximate surface area is 201 Å². The van der Waals surface area contributed by atoms with Gasteiger partial charge in [0.05, 0.1) is 11.1 Å². The lowest BCUT2D eigenvalue weighted by Crippen LogP contribution is -2.37. The minimum absolute atomic E-state index is 0.0737. The zero-order chi connectivity index (χ0) is 23.3. The van der Waals surface area contributed by atoms with Crippen LogP contribution in [-0.4, -0.2) is 28.9 Å². The molecule has 32 heavy (non-hydrogen) atoms. The number of benzene rings is 2. The Balaban J connectivity index is 1.79. The number of amides is 1. The van der Waals surface area contributed by atoms with Gasteiger partial charge < -0.3 is 5.32 Å². The van der Waals surface area contributed by atoms with Crippen LogP contribution in [0, 0.1) is 17.6 Å². The number of carbonyl (C=O) groups excluding carboxylic acids is 1. The third-order valence-electron chi connectivity index (χ3n) is 5.20. The molecule has 0 saturated carbocycles. The lowest BCUT2D eigenvalue weighted by atomic mass is 9.97. The van der Waals surface area contributed by atoms with Gasteiger partial charge in [0.25, 0.3) is 5.91 Å². The molecule has 3 atom stereocenters. The molecule has 9 heteroatoms. The molecule has 1 aliphatic rings. The molecular weight excluding hydrogens is 475 g/mol. The van der Waals surface area contributed by atoms with Gasteiger partial charge in [0.2, 0.25) is 5.96 Å². The van der Waals surface area contributed by atoms with Gasteiger partial charge in [0.15, 0.2) is 0 Å². The molecule has 2 aromatic carbocycles. The number of nitrogens with zero attached hydrogens (tertiary/aromatic N) is 1. The van der Waals surface area contributed by atoms with E-state index in [0.717, 1.165) is 12.5 Å². The highest BCUT2D eigenvalue weighted by atomic mass is 35.5. The Hall–Kier alpha value is -1.83. The number of hydrogen-bond donors (Lipinski definition) is 2. The van der Waals surface area contributed by atoms with Gasteiger partial charge in [-0.15, -0.1) is 0 Å². The topological polar surface area (TPSA) is 53.5 Å². The van der Waals surface area contributed by atoms with Crippen LogP contribution in [0.4, 0.5) is 14.5 Å². The smallest absolute Gasteiger partial charge is 0.258 e. The van der Waals surface area contributed by atoms with E-state index in [1.54, 1.807) is 0 Å². The summed E-state index contributed by atoms with van der Waals surface area (Å²) in [6.07, 6.45) is 3.27. The fraction of sp³-hybridized carbons (Fsp3) is 0.391. The lowest BCUT2D eigenvalue weighted by molar-refractivity contribution is 0.0976. The zero-order valence-electron chi connectivity index (χ0n) is 17.8. The van der Waals surface area contributed by atoms with Gasteiger partial charge in [-0.1, -0.05) is 30.1 Å². The van der Waals surface area contributed by atoms with Gasteiger partial charge in [0, 0.05) is 21.5 Å². The zero-order valence-corrected chi connectivity index (χ0v) is 20.1. The van der Waals surface area contributed by atoms with E-state index >= 15 is 0 Å². The van der Waals surface area contributed by atoms with Crippen LogP contribution in [0.15, 0.2) is 41.4 Å². The molecule has 0 aromatic heterocycles. The normalized spacial score (nSPS) is 18.3. The second-order valence-corrected chi connectivity index (χ2v) is 10.1. The van der Waals surface area contributed by atoms with Crippen molar-refractivity contribution in [2.45, 2.75) is 44.4 Å². The van der Waals surface area contributed by atoms with E-state index in [1.165, 1.54) is 48.9 Å². The number of aliphatic imine (C=N–C) groups is 1. The van der Waals surface area contributed by atoms with Gasteiger partial charge in [-0.3, -0.25) is 10.1 Å². The molecule has 2 N–H and O–H groups in total. The minimum Gasteiger partial charge on any atom is -0.326 e. The van der Waals surface area contributed by atoms with Crippen molar-refractivity contribution >= 4 is 52.5 Å². The summed E-state index contributed by atoms with van der Waals surface area (Å²) in [7, 11) is 0. The minimum atomic E-state index is -0.695. The first-order chi connectivity index (χ1) is 15.2. The molecule has 0 spiro atoms. The summed E-state index contributed by atoms with van der Waals surface area (Å²) in [6.45, 7) is 4.17. The average molecular weight is 500 g/mol. The highest BCUT2D eigenvalue weighted by Crippen LogP contribution is 2.34. The monoisotopic (exact) mass is 499 g/mol. The average Bonchev–Trinajstić information content (AvgIpc) is 3.24. The second kappa shape index (κ2) is 11.3. The van der Waals surface area contributed by atoms with E-state index in [0.29, 0.717) is 16.9 Å². The van der Waals surface area contributed by atoms with E-state index in [9.17, 15) is 13.6 Å². The van der Waals surface area contributed by atoms with Crippen molar-refractivity contribution < 1.29 is 13.6 Å². The van der Waals surface area contributed by atoms with Crippen molar-refractivity contribution in [3.8, 4) is 0 Å². The van der Waals surface area contributed by atoms with Crippen LogP contribution in [0.2, 0.25) is 10.0 Å². The Bertz CT molecular complexity index is 979. The molecule has 0 radical (unpaired) electrons. The molecule has 1 aliphatic heterocycles. The van der Waals surface area contributed by atoms with Crippen molar-refractivity contribution in [2.75, 3.05) is 11.1 Å². The SMILES string of the molecule is CC(CC(C)C1CCCS1)N=C(NC(=O)c1ccc(Cl)c(F)c1)Nc1cc(F)cc(Cl)c1. The Morgan fingerprint density at radius 2 is 2.00 bits per heavy atom. The molecular formula is C23H25Cl2F2N3OS. The number of guanidine groups is 1. The van der Waals surface area contributed by atoms with Crippen LogP contribution < -0.4 is 10.6 Å². The van der Waals surface area contributed by atoms with Gasteiger partial charge in [-0.2, -0.15) is 11.8 Å². The highest BCUT2D eigenvalue weighted by Gasteiger charge is 2.24. The second-order valence-electron chi connectivity index (χ2n) is 7.96. The number of nitrogens with one attached hydrogen (secondary N) is 2. The van der Waals surface area contributed by atoms with Crippen LogP contribution in [0.5, 0.6) is 0 Å². The number of rotatable bonds is 6. The van der Waals surface area contributed by atoms with E-state index in [4.69, 9.17) is 23.2 Å². The van der Waals surface area contributed by atoms with E-state index in [2.05, 4.69) is 22.5 Å². The first kappa shape index (κ1) is 24.8. The van der Waals surface area contributed by atoms with Gasteiger partial charge in [-0.25, -0.2) is 13.8 Å². The summed E-state index contributed by atoms with van der Waals surface area (Å²) in [5.41, 5.74) is 0.421. The largest absolute Gasteiger partial charge is 0.326 e. The number of hydrogen-bond acceptors (Lipinski definition) is 3. The van der Waals surface area contributed by atoms with Gasteiger partial charge >= 0.3 is 0 Å². The lowest BCUT2D eigenvalue weighted by Gasteiger charge is -2.21. The fourth-order valence-corrected chi connectivity index (χ4v) is 5.44. The maximum Gasteiger partial charge on any atom is 0.258 e. The summed E-state index contributed by atoms with van der Waals surface area (Å²) >= 11 is 13.6. The Kier molecular flexibility index (Phi) is 8.79. The first-order valence-corrected chi connectivity index (χ1v) is 12.2. The maximum absolute atomic E-state index is 13.8. The molecule has 3 unspecified atom stereocenters. The quantitative estimate of drug-likeness (QED) is 0.340. The molecule has 1 amide bonds. The maximum atomic E-state index is 13.8. The van der Waals surface area contributed by atoms with Crippen LogP contribution in [0.1, 0.15) is 43.5 Å². The Morgan fingerprint density at radius 3 is 2.66 bits per heavy atom. The standard InChI is InChI=1S/C23H25Cl2F2N3OS/c1-13(21-4-3-7-32-21)8-14(2)28-23(29-18-11-16(24)10-17(26)12-18)30-22(31)15-5-6-19(25)20(27)9-15/h5-6,9-14,21H,3-4,7-8H2,1-2H3,(H2,28,29,30,31). The summed E-state index contributed by atoms with van der Waals surface area (Å²) < 4.78 is 27.6. The summed E-state index contributed by atoms with van der Waals surface area (Å²) in [5.74, 6) is -0.00348. The summed E-state index contributed by atoms with van der Waals surface area (Å²) in [4.78, 5) is 17.3. The fourth-order valence-electron chi connectivity index (χ4n) is 3.69. The molecule has 1 heterocycles. The van der Waals surface area contributed by atoms with Crippen LogP contribution in [0.3, 0.4) is 0 Å². The molecule has 0 bridgehead atoms.